The van der Waals surface area contributed by atoms with E-state index in [0.717, 1.165) is 5.56 Å². The highest BCUT2D eigenvalue weighted by Gasteiger charge is 2.32. The maximum atomic E-state index is 13.9. The van der Waals surface area contributed by atoms with Crippen molar-refractivity contribution in [2.24, 2.45) is 0 Å². The van der Waals surface area contributed by atoms with Crippen LogP contribution in [-0.4, -0.2) is 45.1 Å². The van der Waals surface area contributed by atoms with E-state index in [1.165, 1.54) is 17.5 Å². The van der Waals surface area contributed by atoms with Crippen molar-refractivity contribution < 1.29 is 22.3 Å². The van der Waals surface area contributed by atoms with Crippen molar-refractivity contribution in [3.8, 4) is 16.9 Å². The zero-order valence-electron chi connectivity index (χ0n) is 15.0. The minimum absolute atomic E-state index is 0.143. The van der Waals surface area contributed by atoms with Gasteiger partial charge in [-0.1, -0.05) is 18.2 Å². The van der Waals surface area contributed by atoms with E-state index in [-0.39, 0.29) is 22.9 Å². The van der Waals surface area contributed by atoms with Gasteiger partial charge in [-0.2, -0.15) is 4.31 Å². The lowest BCUT2D eigenvalue weighted by Gasteiger charge is -2.34. The molecule has 0 aliphatic carbocycles. The minimum Gasteiger partial charge on any atom is -0.494 e. The zero-order valence-corrected chi connectivity index (χ0v) is 15.8. The highest BCUT2D eigenvalue weighted by atomic mass is 32.2. The first-order valence-corrected chi connectivity index (χ1v) is 9.85. The van der Waals surface area contributed by atoms with Gasteiger partial charge < -0.3 is 9.47 Å². The molecule has 1 aliphatic rings. The van der Waals surface area contributed by atoms with Gasteiger partial charge in [0.15, 0.2) is 11.6 Å². The summed E-state index contributed by atoms with van der Waals surface area (Å²) in [5.74, 6) is -0.290. The monoisotopic (exact) mass is 379 g/mol. The topological polar surface area (TPSA) is 55.8 Å². The first-order valence-electron chi connectivity index (χ1n) is 8.41. The lowest BCUT2D eigenvalue weighted by Crippen LogP contribution is -2.48. The molecule has 2 aromatic rings. The minimum atomic E-state index is -3.59. The first-order chi connectivity index (χ1) is 12.3. The number of hydrogen-bond donors (Lipinski definition) is 0. The van der Waals surface area contributed by atoms with E-state index in [1.807, 2.05) is 13.8 Å². The third kappa shape index (κ3) is 3.75. The summed E-state index contributed by atoms with van der Waals surface area (Å²) in [6.07, 6.45) is -0.287. The van der Waals surface area contributed by atoms with E-state index < -0.39 is 15.8 Å². The van der Waals surface area contributed by atoms with Gasteiger partial charge in [0.1, 0.15) is 0 Å². The number of ether oxygens (including phenoxy) is 2. The Labute approximate surface area is 153 Å². The fourth-order valence-electron chi connectivity index (χ4n) is 3.14. The number of methoxy groups -OCH3 is 1. The Morgan fingerprint density at radius 1 is 1.04 bits per heavy atom. The van der Waals surface area contributed by atoms with Crippen LogP contribution in [0.1, 0.15) is 13.8 Å². The molecular formula is C19H22FNO4S. The molecule has 0 saturated carbocycles. The standard InChI is InChI=1S/C19H22FNO4S/c1-13-11-21(12-14(2)25-13)26(22,23)17-7-4-15(5-8-17)16-6-9-19(24-3)18(20)10-16/h4-10,13-14H,11-12H2,1-3H3/t13-,14+. The number of halogens is 1. The summed E-state index contributed by atoms with van der Waals surface area (Å²) in [7, 11) is -2.18. The molecule has 26 heavy (non-hydrogen) atoms. The predicted octanol–water partition coefficient (Wildman–Crippen LogP) is 3.30. The van der Waals surface area contributed by atoms with Gasteiger partial charge in [0, 0.05) is 13.1 Å². The quantitative estimate of drug-likeness (QED) is 0.818. The second kappa shape index (κ2) is 7.34. The van der Waals surface area contributed by atoms with E-state index in [0.29, 0.717) is 18.7 Å². The summed E-state index contributed by atoms with van der Waals surface area (Å²) in [6.45, 7) is 4.38. The van der Waals surface area contributed by atoms with Crippen LogP contribution in [-0.2, 0) is 14.8 Å². The number of sulfonamides is 1. The number of nitrogens with zero attached hydrogens (tertiary/aromatic N) is 1. The van der Waals surface area contributed by atoms with Gasteiger partial charge in [0.25, 0.3) is 0 Å². The van der Waals surface area contributed by atoms with Crippen LogP contribution in [0, 0.1) is 5.82 Å². The molecule has 2 aromatic carbocycles. The van der Waals surface area contributed by atoms with Crippen molar-refractivity contribution in [1.82, 2.24) is 4.31 Å². The van der Waals surface area contributed by atoms with Crippen LogP contribution >= 0.6 is 0 Å². The Balaban J connectivity index is 1.86. The molecule has 0 N–H and O–H groups in total. The second-order valence-corrected chi connectivity index (χ2v) is 8.39. The van der Waals surface area contributed by atoms with Crippen molar-refractivity contribution in [3.63, 3.8) is 0 Å². The molecular weight excluding hydrogens is 357 g/mol. The highest BCUT2D eigenvalue weighted by Crippen LogP contribution is 2.28. The van der Waals surface area contributed by atoms with Crippen LogP contribution in [0.2, 0.25) is 0 Å². The molecule has 0 radical (unpaired) electrons. The van der Waals surface area contributed by atoms with Gasteiger partial charge in [-0.3, -0.25) is 0 Å². The van der Waals surface area contributed by atoms with Crippen molar-refractivity contribution in [2.75, 3.05) is 20.2 Å². The van der Waals surface area contributed by atoms with E-state index in [2.05, 4.69) is 0 Å². The molecule has 3 rings (SSSR count). The zero-order chi connectivity index (χ0) is 18.9. The second-order valence-electron chi connectivity index (χ2n) is 6.45. The third-order valence-corrected chi connectivity index (χ3v) is 6.21. The van der Waals surface area contributed by atoms with Crippen molar-refractivity contribution in [2.45, 2.75) is 31.0 Å². The Morgan fingerprint density at radius 3 is 2.15 bits per heavy atom. The normalized spacial score (nSPS) is 21.5. The van der Waals surface area contributed by atoms with Crippen LogP contribution in [0.5, 0.6) is 5.75 Å². The van der Waals surface area contributed by atoms with Gasteiger partial charge in [-0.15, -0.1) is 0 Å². The average molecular weight is 379 g/mol. The van der Waals surface area contributed by atoms with Crippen molar-refractivity contribution in [3.05, 3.63) is 48.3 Å². The maximum absolute atomic E-state index is 13.9. The Bertz CT molecular complexity index is 873. The molecule has 5 nitrogen and oxygen atoms in total. The predicted molar refractivity (Wildman–Crippen MR) is 97.2 cm³/mol. The lowest BCUT2D eigenvalue weighted by molar-refractivity contribution is -0.0440. The third-order valence-electron chi connectivity index (χ3n) is 4.36. The molecule has 0 aromatic heterocycles. The smallest absolute Gasteiger partial charge is 0.243 e. The van der Waals surface area contributed by atoms with Gasteiger partial charge >= 0.3 is 0 Å². The Kier molecular flexibility index (Phi) is 5.32. The largest absolute Gasteiger partial charge is 0.494 e. The molecule has 2 atom stereocenters. The van der Waals surface area contributed by atoms with E-state index in [1.54, 1.807) is 36.4 Å². The number of hydrogen-bond acceptors (Lipinski definition) is 4. The summed E-state index contributed by atoms with van der Waals surface area (Å²) in [5, 5.41) is 0. The van der Waals surface area contributed by atoms with Crippen molar-refractivity contribution >= 4 is 10.0 Å². The summed E-state index contributed by atoms with van der Waals surface area (Å²) in [6, 6.07) is 11.1. The van der Waals surface area contributed by atoms with E-state index in [4.69, 9.17) is 9.47 Å². The SMILES string of the molecule is COc1ccc(-c2ccc(S(=O)(=O)N3C[C@@H](C)O[C@@H](C)C3)cc2)cc1F. The van der Waals surface area contributed by atoms with Gasteiger partial charge in [0.05, 0.1) is 24.2 Å². The van der Waals surface area contributed by atoms with Gasteiger partial charge in [-0.05, 0) is 49.2 Å². The van der Waals surface area contributed by atoms with Crippen LogP contribution < -0.4 is 4.74 Å². The average Bonchev–Trinajstić information content (AvgIpc) is 2.61. The van der Waals surface area contributed by atoms with Crippen LogP contribution in [0.15, 0.2) is 47.4 Å². The van der Waals surface area contributed by atoms with Crippen LogP contribution in [0.25, 0.3) is 11.1 Å². The maximum Gasteiger partial charge on any atom is 0.243 e. The molecule has 7 heteroatoms. The molecule has 0 spiro atoms. The molecule has 0 bridgehead atoms. The number of morpholine rings is 1. The molecule has 1 aliphatic heterocycles. The first kappa shape index (κ1) is 18.8. The van der Waals surface area contributed by atoms with Gasteiger partial charge in [0.2, 0.25) is 10.0 Å². The van der Waals surface area contributed by atoms with Crippen molar-refractivity contribution in [1.29, 1.82) is 0 Å². The van der Waals surface area contributed by atoms with Crippen LogP contribution in [0.4, 0.5) is 4.39 Å². The molecule has 1 fully saturated rings. The van der Waals surface area contributed by atoms with E-state index >= 15 is 0 Å². The fourth-order valence-corrected chi connectivity index (χ4v) is 4.73. The molecule has 140 valence electrons. The summed E-state index contributed by atoms with van der Waals surface area (Å²) < 4.78 is 51.6. The molecule has 1 heterocycles. The lowest BCUT2D eigenvalue weighted by atomic mass is 10.1. The highest BCUT2D eigenvalue weighted by molar-refractivity contribution is 7.89. The fraction of sp³-hybridized carbons (Fsp3) is 0.368. The summed E-state index contributed by atoms with van der Waals surface area (Å²) in [5.41, 5.74) is 1.38. The van der Waals surface area contributed by atoms with Crippen LogP contribution in [0.3, 0.4) is 0 Å². The number of benzene rings is 2. The molecule has 0 amide bonds. The summed E-state index contributed by atoms with van der Waals surface area (Å²) in [4.78, 5) is 0.219. The Hall–Kier alpha value is -1.96. The van der Waals surface area contributed by atoms with Gasteiger partial charge in [-0.25, -0.2) is 12.8 Å². The number of rotatable bonds is 4. The molecule has 1 saturated heterocycles. The Morgan fingerprint density at radius 2 is 1.62 bits per heavy atom. The molecule has 0 unspecified atom stereocenters. The summed E-state index contributed by atoms with van der Waals surface area (Å²) >= 11 is 0. The van der Waals surface area contributed by atoms with E-state index in [9.17, 15) is 12.8 Å².